The lowest BCUT2D eigenvalue weighted by atomic mass is 9.94. The van der Waals surface area contributed by atoms with E-state index in [0.29, 0.717) is 6.54 Å². The average Bonchev–Trinajstić information content (AvgIpc) is 3.09. The van der Waals surface area contributed by atoms with Crippen LogP contribution in [0.3, 0.4) is 0 Å². The van der Waals surface area contributed by atoms with Crippen molar-refractivity contribution in [1.82, 2.24) is 10.6 Å². The van der Waals surface area contributed by atoms with E-state index in [9.17, 15) is 14.3 Å². The first-order valence-corrected chi connectivity index (χ1v) is 8.65. The van der Waals surface area contributed by atoms with E-state index in [1.807, 2.05) is 24.3 Å². The summed E-state index contributed by atoms with van der Waals surface area (Å²) in [5, 5.41) is 15.2. The number of amides is 2. The Morgan fingerprint density at radius 2 is 1.80 bits per heavy atom. The lowest BCUT2D eigenvalue weighted by Gasteiger charge is -2.22. The third-order valence-electron chi connectivity index (χ3n) is 4.86. The first-order valence-electron chi connectivity index (χ1n) is 8.65. The molecule has 3 rings (SSSR count). The molecule has 2 atom stereocenters. The normalized spacial score (nSPS) is 19.6. The Labute approximate surface area is 147 Å². The summed E-state index contributed by atoms with van der Waals surface area (Å²) >= 11 is 0. The second kappa shape index (κ2) is 8.12. The van der Waals surface area contributed by atoms with Crippen LogP contribution in [-0.4, -0.2) is 17.2 Å². The Morgan fingerprint density at radius 1 is 1.08 bits per heavy atom. The van der Waals surface area contributed by atoms with Crippen LogP contribution in [0.1, 0.15) is 41.9 Å². The largest absolute Gasteiger partial charge is 0.392 e. The van der Waals surface area contributed by atoms with Gasteiger partial charge in [-0.05, 0) is 41.7 Å². The maximum atomic E-state index is 13.1. The molecule has 1 aliphatic carbocycles. The molecule has 0 spiro atoms. The van der Waals surface area contributed by atoms with Gasteiger partial charge < -0.3 is 15.7 Å². The molecule has 0 heterocycles. The summed E-state index contributed by atoms with van der Waals surface area (Å²) in [7, 11) is 0. The Bertz CT molecular complexity index is 718. The van der Waals surface area contributed by atoms with Crippen molar-refractivity contribution in [3.63, 3.8) is 0 Å². The molecule has 2 aromatic carbocycles. The van der Waals surface area contributed by atoms with Crippen molar-refractivity contribution < 1.29 is 14.3 Å². The van der Waals surface area contributed by atoms with Crippen molar-refractivity contribution in [1.29, 1.82) is 0 Å². The number of aliphatic hydroxyl groups excluding tert-OH is 1. The second-order valence-corrected chi connectivity index (χ2v) is 6.45. The zero-order valence-corrected chi connectivity index (χ0v) is 14.0. The van der Waals surface area contributed by atoms with E-state index in [0.717, 1.165) is 36.0 Å². The summed E-state index contributed by atoms with van der Waals surface area (Å²) in [5.41, 5.74) is 2.78. The van der Waals surface area contributed by atoms with Crippen LogP contribution in [0.2, 0.25) is 0 Å². The topological polar surface area (TPSA) is 61.4 Å². The number of halogens is 1. The van der Waals surface area contributed by atoms with E-state index in [1.54, 1.807) is 12.1 Å². The van der Waals surface area contributed by atoms with Gasteiger partial charge in [-0.15, -0.1) is 0 Å². The molecular weight excluding hydrogens is 319 g/mol. The molecule has 1 fully saturated rings. The van der Waals surface area contributed by atoms with Crippen molar-refractivity contribution in [2.45, 2.75) is 44.4 Å². The quantitative estimate of drug-likeness (QED) is 0.779. The van der Waals surface area contributed by atoms with Gasteiger partial charge in [0.25, 0.3) is 0 Å². The first kappa shape index (κ1) is 17.4. The van der Waals surface area contributed by atoms with Crippen molar-refractivity contribution >= 4 is 6.03 Å². The van der Waals surface area contributed by atoms with Crippen LogP contribution in [0.5, 0.6) is 0 Å². The predicted octanol–water partition coefficient (Wildman–Crippen LogP) is 3.45. The molecule has 0 radical (unpaired) electrons. The van der Waals surface area contributed by atoms with E-state index in [2.05, 4.69) is 10.6 Å². The van der Waals surface area contributed by atoms with Crippen LogP contribution in [0.25, 0.3) is 0 Å². The molecule has 2 unspecified atom stereocenters. The molecule has 132 valence electrons. The molecule has 0 bridgehead atoms. The first-order chi connectivity index (χ1) is 12.2. The van der Waals surface area contributed by atoms with Gasteiger partial charge in [0.05, 0.1) is 6.61 Å². The van der Waals surface area contributed by atoms with E-state index in [1.165, 1.54) is 12.1 Å². The zero-order chi connectivity index (χ0) is 17.6. The molecule has 1 aliphatic rings. The minimum absolute atomic E-state index is 0.0469. The molecule has 0 saturated heterocycles. The fraction of sp³-hybridized carbons (Fsp3) is 0.350. The van der Waals surface area contributed by atoms with E-state index in [-0.39, 0.29) is 30.4 Å². The summed E-state index contributed by atoms with van der Waals surface area (Å²) in [6, 6.07) is 13.9. The van der Waals surface area contributed by atoms with Crippen LogP contribution in [-0.2, 0) is 13.2 Å². The monoisotopic (exact) mass is 342 g/mol. The van der Waals surface area contributed by atoms with Crippen LogP contribution < -0.4 is 10.6 Å². The molecule has 0 aliphatic heterocycles. The summed E-state index contributed by atoms with van der Waals surface area (Å²) in [6.45, 7) is 0.325. The standard InChI is InChI=1S/C20H23FN2O2/c21-17-10-8-14(9-11-17)18-6-3-7-19(18)23-20(25)22-12-15-4-1-2-5-16(15)13-24/h1-2,4-5,8-11,18-19,24H,3,6-7,12-13H2,(H2,22,23,25). The Balaban J connectivity index is 1.57. The van der Waals surface area contributed by atoms with E-state index in [4.69, 9.17) is 0 Å². The van der Waals surface area contributed by atoms with Gasteiger partial charge in [0.1, 0.15) is 5.82 Å². The average molecular weight is 342 g/mol. The van der Waals surface area contributed by atoms with Gasteiger partial charge in [-0.3, -0.25) is 0 Å². The molecule has 3 N–H and O–H groups in total. The molecule has 2 amide bonds. The van der Waals surface area contributed by atoms with E-state index >= 15 is 0 Å². The number of aliphatic hydroxyl groups is 1. The highest BCUT2D eigenvalue weighted by Gasteiger charge is 2.29. The van der Waals surface area contributed by atoms with E-state index < -0.39 is 0 Å². The molecule has 2 aromatic rings. The van der Waals surface area contributed by atoms with Crippen molar-refractivity contribution in [2.24, 2.45) is 0 Å². The van der Waals surface area contributed by atoms with Gasteiger partial charge >= 0.3 is 6.03 Å². The highest BCUT2D eigenvalue weighted by atomic mass is 19.1. The number of carbonyl (C=O) groups excluding carboxylic acids is 1. The van der Waals surface area contributed by atoms with Crippen LogP contribution in [0.15, 0.2) is 48.5 Å². The highest BCUT2D eigenvalue weighted by Crippen LogP contribution is 2.34. The number of benzene rings is 2. The van der Waals surface area contributed by atoms with Crippen LogP contribution in [0.4, 0.5) is 9.18 Å². The fourth-order valence-corrected chi connectivity index (χ4v) is 3.52. The molecule has 5 heteroatoms. The van der Waals surface area contributed by atoms with Crippen molar-refractivity contribution in [3.05, 3.63) is 71.0 Å². The maximum Gasteiger partial charge on any atom is 0.315 e. The van der Waals surface area contributed by atoms with Crippen LogP contribution >= 0.6 is 0 Å². The second-order valence-electron chi connectivity index (χ2n) is 6.45. The summed E-state index contributed by atoms with van der Waals surface area (Å²) in [4.78, 5) is 12.3. The smallest absolute Gasteiger partial charge is 0.315 e. The third kappa shape index (κ3) is 4.37. The van der Waals surface area contributed by atoms with Gasteiger partial charge in [-0.1, -0.05) is 42.8 Å². The third-order valence-corrected chi connectivity index (χ3v) is 4.86. The summed E-state index contributed by atoms with van der Waals surface area (Å²) in [6.07, 6.45) is 2.95. The number of hydrogen-bond donors (Lipinski definition) is 3. The lowest BCUT2D eigenvalue weighted by molar-refractivity contribution is 0.235. The van der Waals surface area contributed by atoms with Crippen molar-refractivity contribution in [2.75, 3.05) is 0 Å². The van der Waals surface area contributed by atoms with Crippen LogP contribution in [0, 0.1) is 5.82 Å². The molecule has 0 aromatic heterocycles. The number of urea groups is 1. The number of rotatable bonds is 5. The SMILES string of the molecule is O=C(NCc1ccccc1CO)NC1CCCC1c1ccc(F)cc1. The van der Waals surface area contributed by atoms with Gasteiger partial charge in [0.15, 0.2) is 0 Å². The number of hydrogen-bond acceptors (Lipinski definition) is 2. The van der Waals surface area contributed by atoms with Gasteiger partial charge in [-0.2, -0.15) is 0 Å². The highest BCUT2D eigenvalue weighted by molar-refractivity contribution is 5.74. The molecule has 25 heavy (non-hydrogen) atoms. The van der Waals surface area contributed by atoms with Gasteiger partial charge in [0.2, 0.25) is 0 Å². The number of carbonyl (C=O) groups is 1. The zero-order valence-electron chi connectivity index (χ0n) is 14.0. The predicted molar refractivity (Wildman–Crippen MR) is 94.5 cm³/mol. The Hall–Kier alpha value is -2.40. The molecule has 1 saturated carbocycles. The summed E-state index contributed by atoms with van der Waals surface area (Å²) in [5.74, 6) is -0.0253. The maximum absolute atomic E-state index is 13.1. The number of nitrogens with one attached hydrogen (secondary N) is 2. The Kier molecular flexibility index (Phi) is 5.66. The molecular formula is C20H23FN2O2. The minimum Gasteiger partial charge on any atom is -0.392 e. The Morgan fingerprint density at radius 3 is 2.52 bits per heavy atom. The molecule has 4 nitrogen and oxygen atoms in total. The van der Waals surface area contributed by atoms with Gasteiger partial charge in [-0.25, -0.2) is 9.18 Å². The lowest BCUT2D eigenvalue weighted by Crippen LogP contribution is -2.42. The summed E-state index contributed by atoms with van der Waals surface area (Å²) < 4.78 is 13.1. The van der Waals surface area contributed by atoms with Crippen molar-refractivity contribution in [3.8, 4) is 0 Å². The minimum atomic E-state index is -0.244. The fourth-order valence-electron chi connectivity index (χ4n) is 3.52. The van der Waals surface area contributed by atoms with Gasteiger partial charge in [0, 0.05) is 18.5 Å².